The van der Waals surface area contributed by atoms with Crippen LogP contribution in [0.15, 0.2) is 47.8 Å². The number of carbonyl (C=O) groups is 1. The predicted molar refractivity (Wildman–Crippen MR) is 74.3 cm³/mol. The van der Waals surface area contributed by atoms with Gasteiger partial charge in [-0.15, -0.1) is 0 Å². The van der Waals surface area contributed by atoms with Gasteiger partial charge in [0.25, 0.3) is 10.0 Å². The molecule has 0 amide bonds. The lowest BCUT2D eigenvalue weighted by molar-refractivity contribution is 0.0696. The van der Waals surface area contributed by atoms with Crippen LogP contribution >= 0.6 is 0 Å². The number of nitrogens with zero attached hydrogens (tertiary/aromatic N) is 2. The number of aromatic carboxylic acids is 1. The second-order valence-electron chi connectivity index (χ2n) is 4.16. The Bertz CT molecular complexity index is 715. The van der Waals surface area contributed by atoms with E-state index in [0.29, 0.717) is 6.42 Å². The number of nitrogens with one attached hydrogen (secondary N) is 1. The zero-order chi connectivity index (χ0) is 15.3. The molecule has 0 unspecified atom stereocenters. The third kappa shape index (κ3) is 4.07. The molecule has 2 aromatic rings. The predicted octanol–water partition coefficient (Wildman–Crippen LogP) is 0.696. The zero-order valence-corrected chi connectivity index (χ0v) is 11.7. The molecule has 0 spiro atoms. The van der Waals surface area contributed by atoms with Crippen molar-refractivity contribution < 1.29 is 18.3 Å². The van der Waals surface area contributed by atoms with Crippen molar-refractivity contribution in [1.82, 2.24) is 14.7 Å². The summed E-state index contributed by atoms with van der Waals surface area (Å²) in [5, 5.41) is 8.52. The first-order valence-electron chi connectivity index (χ1n) is 6.08. The summed E-state index contributed by atoms with van der Waals surface area (Å²) in [6.07, 6.45) is 3.10. The van der Waals surface area contributed by atoms with Gasteiger partial charge in [0.15, 0.2) is 5.03 Å². The highest BCUT2D eigenvalue weighted by molar-refractivity contribution is 7.89. The Morgan fingerprint density at radius 3 is 2.57 bits per heavy atom. The van der Waals surface area contributed by atoms with Gasteiger partial charge in [-0.1, -0.05) is 6.07 Å². The van der Waals surface area contributed by atoms with Gasteiger partial charge in [-0.25, -0.2) is 22.9 Å². The van der Waals surface area contributed by atoms with Crippen LogP contribution in [0.2, 0.25) is 0 Å². The Morgan fingerprint density at radius 1 is 1.19 bits per heavy atom. The van der Waals surface area contributed by atoms with Crippen molar-refractivity contribution in [1.29, 1.82) is 0 Å². The van der Waals surface area contributed by atoms with E-state index in [4.69, 9.17) is 5.11 Å². The number of carboxylic acid groups (broad SMARTS) is 1. The largest absolute Gasteiger partial charge is 0.478 e. The topological polar surface area (TPSA) is 109 Å². The van der Waals surface area contributed by atoms with Gasteiger partial charge >= 0.3 is 5.97 Å². The van der Waals surface area contributed by atoms with Gasteiger partial charge < -0.3 is 5.11 Å². The lowest BCUT2D eigenvalue weighted by atomic mass is 10.3. The molecule has 0 aliphatic heterocycles. The molecule has 2 aromatic heterocycles. The molecule has 0 saturated heterocycles. The summed E-state index contributed by atoms with van der Waals surface area (Å²) in [7, 11) is -3.75. The van der Waals surface area contributed by atoms with Crippen molar-refractivity contribution in [3.05, 3.63) is 54.0 Å². The maximum absolute atomic E-state index is 12.0. The van der Waals surface area contributed by atoms with Crippen molar-refractivity contribution in [2.45, 2.75) is 11.4 Å². The highest BCUT2D eigenvalue weighted by atomic mass is 32.2. The molecule has 0 radical (unpaired) electrons. The molecule has 0 fully saturated rings. The molecule has 7 nitrogen and oxygen atoms in total. The molecular formula is C13H13N3O4S. The van der Waals surface area contributed by atoms with Crippen LogP contribution in [-0.4, -0.2) is 36.0 Å². The van der Waals surface area contributed by atoms with Crippen LogP contribution in [0.3, 0.4) is 0 Å². The first-order valence-corrected chi connectivity index (χ1v) is 7.56. The Labute approximate surface area is 121 Å². The molecule has 0 atom stereocenters. The van der Waals surface area contributed by atoms with E-state index in [1.807, 2.05) is 6.07 Å². The van der Waals surface area contributed by atoms with Gasteiger partial charge in [-0.3, -0.25) is 4.98 Å². The van der Waals surface area contributed by atoms with Crippen molar-refractivity contribution in [3.8, 4) is 0 Å². The summed E-state index contributed by atoms with van der Waals surface area (Å²) in [6.45, 7) is 0.182. The second kappa shape index (κ2) is 6.42. The smallest absolute Gasteiger partial charge is 0.337 e. The minimum absolute atomic E-state index is 0.0672. The fraction of sp³-hybridized carbons (Fsp3) is 0.154. The van der Waals surface area contributed by atoms with Crippen LogP contribution in [0.25, 0.3) is 0 Å². The number of rotatable bonds is 6. The first-order chi connectivity index (χ1) is 9.99. The zero-order valence-electron chi connectivity index (χ0n) is 10.9. The molecule has 110 valence electrons. The highest BCUT2D eigenvalue weighted by Gasteiger charge is 2.15. The Hall–Kier alpha value is -2.32. The highest BCUT2D eigenvalue weighted by Crippen LogP contribution is 2.06. The van der Waals surface area contributed by atoms with E-state index in [1.165, 1.54) is 6.07 Å². The first kappa shape index (κ1) is 15.1. The lowest BCUT2D eigenvalue weighted by Crippen LogP contribution is -2.27. The third-order valence-electron chi connectivity index (χ3n) is 2.66. The number of aromatic nitrogens is 2. The van der Waals surface area contributed by atoms with Crippen LogP contribution < -0.4 is 4.72 Å². The molecule has 2 heterocycles. The van der Waals surface area contributed by atoms with Crippen LogP contribution in [0.1, 0.15) is 16.1 Å². The van der Waals surface area contributed by atoms with E-state index in [2.05, 4.69) is 14.7 Å². The number of hydrogen-bond donors (Lipinski definition) is 2. The fourth-order valence-electron chi connectivity index (χ4n) is 1.60. The molecule has 0 bridgehead atoms. The van der Waals surface area contributed by atoms with Gasteiger partial charge in [-0.2, -0.15) is 0 Å². The maximum atomic E-state index is 12.0. The Morgan fingerprint density at radius 2 is 2.00 bits per heavy atom. The Balaban J connectivity index is 2.00. The van der Waals surface area contributed by atoms with E-state index in [-0.39, 0.29) is 17.1 Å². The van der Waals surface area contributed by atoms with Crippen LogP contribution in [0.5, 0.6) is 0 Å². The van der Waals surface area contributed by atoms with E-state index >= 15 is 0 Å². The molecule has 0 aliphatic rings. The van der Waals surface area contributed by atoms with Crippen molar-refractivity contribution in [3.63, 3.8) is 0 Å². The maximum Gasteiger partial charge on any atom is 0.337 e. The van der Waals surface area contributed by atoms with Gasteiger partial charge in [0.1, 0.15) is 0 Å². The minimum atomic E-state index is -3.75. The molecule has 2 rings (SSSR count). The molecule has 0 aliphatic carbocycles. The van der Waals surface area contributed by atoms with Gasteiger partial charge in [-0.05, 0) is 24.3 Å². The SMILES string of the molecule is O=C(O)c1ccc(S(=O)(=O)NCCc2ccccn2)nc1. The van der Waals surface area contributed by atoms with E-state index in [1.54, 1.807) is 18.3 Å². The molecule has 2 N–H and O–H groups in total. The quantitative estimate of drug-likeness (QED) is 0.813. The van der Waals surface area contributed by atoms with Gasteiger partial charge in [0, 0.05) is 31.1 Å². The summed E-state index contributed by atoms with van der Waals surface area (Å²) in [5.41, 5.74) is 0.705. The van der Waals surface area contributed by atoms with Crippen molar-refractivity contribution >= 4 is 16.0 Å². The average Bonchev–Trinajstić information content (AvgIpc) is 2.48. The normalized spacial score (nSPS) is 11.2. The van der Waals surface area contributed by atoms with E-state index in [9.17, 15) is 13.2 Å². The minimum Gasteiger partial charge on any atom is -0.478 e. The summed E-state index contributed by atoms with van der Waals surface area (Å²) in [6, 6.07) is 7.76. The summed E-state index contributed by atoms with van der Waals surface area (Å²) < 4.78 is 26.3. The van der Waals surface area contributed by atoms with E-state index in [0.717, 1.165) is 18.0 Å². The lowest BCUT2D eigenvalue weighted by Gasteiger charge is -2.06. The molecule has 0 saturated carbocycles. The molecular weight excluding hydrogens is 294 g/mol. The molecule has 0 aromatic carbocycles. The van der Waals surface area contributed by atoms with Crippen molar-refractivity contribution in [2.24, 2.45) is 0 Å². The van der Waals surface area contributed by atoms with Crippen molar-refractivity contribution in [2.75, 3.05) is 6.54 Å². The second-order valence-corrected chi connectivity index (χ2v) is 5.87. The molecule has 8 heteroatoms. The van der Waals surface area contributed by atoms with Gasteiger partial charge in [0.05, 0.1) is 5.56 Å². The standard InChI is InChI=1S/C13H13N3O4S/c17-13(18)10-4-5-12(15-9-10)21(19,20)16-8-6-11-3-1-2-7-14-11/h1-5,7,9,16H,6,8H2,(H,17,18). The number of sulfonamides is 1. The third-order valence-corrected chi connectivity index (χ3v) is 4.03. The fourth-order valence-corrected chi connectivity index (χ4v) is 2.56. The summed E-state index contributed by atoms with van der Waals surface area (Å²) in [4.78, 5) is 18.4. The van der Waals surface area contributed by atoms with Crippen LogP contribution in [-0.2, 0) is 16.4 Å². The summed E-state index contributed by atoms with van der Waals surface area (Å²) >= 11 is 0. The van der Waals surface area contributed by atoms with E-state index < -0.39 is 16.0 Å². The number of hydrogen-bond acceptors (Lipinski definition) is 5. The van der Waals surface area contributed by atoms with Gasteiger partial charge in [0.2, 0.25) is 0 Å². The summed E-state index contributed by atoms with van der Waals surface area (Å²) in [5.74, 6) is -1.16. The van der Waals surface area contributed by atoms with Crippen LogP contribution in [0, 0.1) is 0 Å². The monoisotopic (exact) mass is 307 g/mol. The van der Waals surface area contributed by atoms with Crippen LogP contribution in [0.4, 0.5) is 0 Å². The number of pyridine rings is 2. The number of carboxylic acids is 1. The average molecular weight is 307 g/mol. The Kier molecular flexibility index (Phi) is 4.61. The molecule has 21 heavy (non-hydrogen) atoms.